The lowest BCUT2D eigenvalue weighted by Gasteiger charge is -2.06. The molecule has 21 heteroatoms. The van der Waals surface area contributed by atoms with E-state index in [2.05, 4.69) is 40.8 Å². The first kappa shape index (κ1) is 75.3. The highest BCUT2D eigenvalue weighted by atomic mass is 16.5. The average Bonchev–Trinajstić information content (AvgIpc) is 1.65. The summed E-state index contributed by atoms with van der Waals surface area (Å²) in [7, 11) is 8.14. The molecule has 556 valence electrons. The maximum absolute atomic E-state index is 12.8. The molecule has 0 atom stereocenters. The fourth-order valence-electron chi connectivity index (χ4n) is 14.0. The van der Waals surface area contributed by atoms with Gasteiger partial charge in [-0.15, -0.1) is 0 Å². The first-order valence-corrected chi connectivity index (χ1v) is 35.6. The van der Waals surface area contributed by atoms with Crippen LogP contribution in [0, 0.1) is 27.7 Å². The van der Waals surface area contributed by atoms with Crippen molar-refractivity contribution < 1.29 is 63.3 Å². The molecule has 0 amide bonds. The molecule has 0 spiro atoms. The normalized spacial score (nSPS) is 14.6. The lowest BCUT2D eigenvalue weighted by Crippen LogP contribution is -1.97. The predicted molar refractivity (Wildman–Crippen MR) is 421 cm³/mol. The highest BCUT2D eigenvalue weighted by Crippen LogP contribution is 2.39. The molecule has 8 aromatic carbocycles. The molecular formula is C89H82N8O13. The van der Waals surface area contributed by atoms with Gasteiger partial charge in [-0.3, -0.25) is 39.6 Å². The maximum atomic E-state index is 12.8. The zero-order chi connectivity index (χ0) is 77.4. The Bertz CT molecular complexity index is 5650. The average molecular weight is 1470 g/mol. The van der Waals surface area contributed by atoms with E-state index in [-0.39, 0.29) is 49.6 Å². The number of aromatic nitrogens is 8. The number of carbonyl (C=O) groups is 4. The number of aryl methyl sites for hydroxylation is 4. The lowest BCUT2D eigenvalue weighted by molar-refractivity contribution is 0.103. The zero-order valence-electron chi connectivity index (χ0n) is 62.3. The van der Waals surface area contributed by atoms with Crippen molar-refractivity contribution in [3.63, 3.8) is 0 Å². The van der Waals surface area contributed by atoms with E-state index in [0.717, 1.165) is 168 Å². The van der Waals surface area contributed by atoms with Crippen LogP contribution in [0.2, 0.25) is 0 Å². The molecule has 0 bridgehead atoms. The molecule has 0 fully saturated rings. The first-order chi connectivity index (χ1) is 53.3. The van der Waals surface area contributed by atoms with E-state index in [9.17, 15) is 34.5 Å². The minimum absolute atomic E-state index is 0.0190. The number of carbonyl (C=O) groups excluding carboxylic acids is 4. The number of ketones is 4. The molecule has 16 rings (SSSR count). The number of aromatic amines is 4. The van der Waals surface area contributed by atoms with Gasteiger partial charge in [-0.25, -0.2) is 0 Å². The first-order valence-electron chi connectivity index (χ1n) is 35.6. The molecule has 21 nitrogen and oxygen atoms in total. The molecule has 8 N–H and O–H groups in total. The van der Waals surface area contributed by atoms with Crippen LogP contribution in [0.5, 0.6) is 28.7 Å². The molecule has 4 aromatic heterocycles. The van der Waals surface area contributed by atoms with E-state index >= 15 is 0 Å². The number of methoxy groups -OCH3 is 5. The van der Waals surface area contributed by atoms with Crippen LogP contribution in [0.4, 0.5) is 0 Å². The third kappa shape index (κ3) is 16.2. The Balaban J connectivity index is 0.000000129. The number of fused-ring (bicyclic) bond motifs is 4. The highest BCUT2D eigenvalue weighted by Gasteiger charge is 2.31. The van der Waals surface area contributed by atoms with Crippen molar-refractivity contribution in [2.24, 2.45) is 0 Å². The van der Waals surface area contributed by atoms with E-state index in [0.29, 0.717) is 65.1 Å². The van der Waals surface area contributed by atoms with Crippen molar-refractivity contribution in [3.8, 4) is 73.8 Å². The number of hydrogen-bond acceptors (Lipinski definition) is 17. The number of hydrogen-bond donors (Lipinski definition) is 8. The minimum Gasteiger partial charge on any atom is -0.497 e. The van der Waals surface area contributed by atoms with Gasteiger partial charge >= 0.3 is 0 Å². The van der Waals surface area contributed by atoms with E-state index in [1.807, 2.05) is 204 Å². The van der Waals surface area contributed by atoms with Crippen molar-refractivity contribution in [2.75, 3.05) is 35.5 Å². The molecular weight excluding hydrogens is 1390 g/mol. The van der Waals surface area contributed by atoms with Crippen LogP contribution >= 0.6 is 0 Å². The van der Waals surface area contributed by atoms with Crippen LogP contribution in [0.25, 0.3) is 69.3 Å². The summed E-state index contributed by atoms with van der Waals surface area (Å²) in [6.07, 6.45) is 9.75. The number of Topliss-reactive ketones (excluding diaryl/α,β-unsaturated/α-hetero) is 4. The fraction of sp³-hybridized carbons (Fsp3) is 0.191. The largest absolute Gasteiger partial charge is 0.497 e. The minimum atomic E-state index is -0.152. The SMILES string of the molecule is COc1cc(CO)cc(-c2cc(/C=C3\Cc4cc(OC)c(C)cc4C3=O)[nH]n2)c1.COc1cc2c(cc1C)C(=O)/C(=C/c1cc(-c3ccc(CO)c(CO)c3)n[nH]1)C2.COc1cc2c(cc1C)C(=O)/C(=C/c1cc(-c3ccc(CO)cc3)n[nH]1)C2.COc1cc2c(cc1C)C(=O)/C(=C/c1cc(-c3ccccc3)n[nH]1)C2. The van der Waals surface area contributed by atoms with Crippen LogP contribution in [0.1, 0.15) is 131 Å². The second kappa shape index (κ2) is 33.1. The molecule has 0 saturated carbocycles. The number of nitrogens with zero attached hydrogens (tertiary/aromatic N) is 4. The van der Waals surface area contributed by atoms with Crippen LogP contribution in [0.3, 0.4) is 0 Å². The number of H-pyrrole nitrogens is 4. The monoisotopic (exact) mass is 1470 g/mol. The molecule has 12 aromatic rings. The van der Waals surface area contributed by atoms with Gasteiger partial charge in [-0.1, -0.05) is 66.7 Å². The molecule has 4 aliphatic carbocycles. The van der Waals surface area contributed by atoms with Gasteiger partial charge < -0.3 is 44.1 Å². The number of nitrogens with one attached hydrogen (secondary N) is 4. The maximum Gasteiger partial charge on any atom is 0.189 e. The second-order valence-electron chi connectivity index (χ2n) is 27.2. The number of benzene rings is 8. The summed E-state index contributed by atoms with van der Waals surface area (Å²) >= 11 is 0. The van der Waals surface area contributed by atoms with Gasteiger partial charge in [0.2, 0.25) is 0 Å². The fourth-order valence-corrected chi connectivity index (χ4v) is 14.0. The lowest BCUT2D eigenvalue weighted by atomic mass is 10.0. The van der Waals surface area contributed by atoms with Crippen molar-refractivity contribution in [1.29, 1.82) is 0 Å². The molecule has 0 unspecified atom stereocenters. The van der Waals surface area contributed by atoms with Gasteiger partial charge in [0.1, 0.15) is 28.7 Å². The Morgan fingerprint density at radius 1 is 0.327 bits per heavy atom. The molecule has 4 heterocycles. The standard InChI is InChI=1S/2C23H22N2O4.C22H20N2O3.C21H18N2O2/c1-13-4-20-15(10-22(13)29-3)7-17(23(20)27)8-18-11-21(25-24-18)16-5-14(12-26)6-19(9-16)28-2;1-13-5-20-16(9-22(13)29-2)7-17(23(20)28)8-19-10-21(25-24-19)14-3-4-15(11-26)18(6-14)12-27;1-13-7-19-16(10-21(13)27-2)8-17(22(19)26)9-18-11-20(24-23-18)15-5-3-14(12-25)4-6-15;1-13-8-18-15(11-20(13)25-2)9-16(21(18)24)10-17-12-19(23-22-17)14-6-4-3-5-7-14/h4-6,8-11,26H,7,12H2,1-3H3,(H,24,25);3-6,8-10,26-27H,7,11-12H2,1-2H3,(H,24,25);3-7,9-11,25H,8,12H2,1-2H3,(H,23,24);3-8,10-12H,9H2,1-2H3,(H,22,23)/b2*17-8+;17-9+;16-10+. The van der Waals surface area contributed by atoms with Gasteiger partial charge in [-0.05, 0) is 216 Å². The van der Waals surface area contributed by atoms with E-state index in [4.69, 9.17) is 28.8 Å². The Hall–Kier alpha value is -12.9. The van der Waals surface area contributed by atoms with Crippen LogP contribution < -0.4 is 23.7 Å². The molecule has 4 aliphatic rings. The smallest absolute Gasteiger partial charge is 0.189 e. The third-order valence-corrected chi connectivity index (χ3v) is 19.9. The molecule has 0 radical (unpaired) electrons. The topological polar surface area (TPSA) is 310 Å². The number of aliphatic hydroxyl groups excluding tert-OH is 4. The Kier molecular flexibility index (Phi) is 22.6. The van der Waals surface area contributed by atoms with Gasteiger partial charge in [0.05, 0.1) is 108 Å². The van der Waals surface area contributed by atoms with Crippen LogP contribution in [0.15, 0.2) is 186 Å². The Labute approximate surface area is 635 Å². The summed E-state index contributed by atoms with van der Waals surface area (Å²) in [4.78, 5) is 51.0. The van der Waals surface area contributed by atoms with Gasteiger partial charge in [0.15, 0.2) is 23.1 Å². The molecule has 0 aliphatic heterocycles. The quantitative estimate of drug-likeness (QED) is 0.0393. The summed E-state index contributed by atoms with van der Waals surface area (Å²) in [6, 6.07) is 51.5. The Morgan fingerprint density at radius 3 is 1.00 bits per heavy atom. The highest BCUT2D eigenvalue weighted by molar-refractivity contribution is 6.18. The van der Waals surface area contributed by atoms with E-state index in [1.54, 1.807) is 47.7 Å². The van der Waals surface area contributed by atoms with E-state index < -0.39 is 0 Å². The van der Waals surface area contributed by atoms with Crippen molar-refractivity contribution in [1.82, 2.24) is 40.8 Å². The second-order valence-corrected chi connectivity index (χ2v) is 27.2. The van der Waals surface area contributed by atoms with Crippen LogP contribution in [-0.2, 0) is 52.1 Å². The molecule has 110 heavy (non-hydrogen) atoms. The number of allylic oxidation sites excluding steroid dienone is 4. The van der Waals surface area contributed by atoms with Crippen molar-refractivity contribution in [2.45, 2.75) is 79.8 Å². The predicted octanol–water partition coefficient (Wildman–Crippen LogP) is 14.8. The summed E-state index contributed by atoms with van der Waals surface area (Å²) in [6.45, 7) is 7.42. The summed E-state index contributed by atoms with van der Waals surface area (Å²) in [5.74, 6) is 4.05. The van der Waals surface area contributed by atoms with Crippen LogP contribution in [-0.4, -0.2) is 120 Å². The zero-order valence-corrected chi connectivity index (χ0v) is 62.3. The summed E-state index contributed by atoms with van der Waals surface area (Å²) in [5.41, 5.74) is 26.5. The number of ether oxygens (including phenoxy) is 5. The summed E-state index contributed by atoms with van der Waals surface area (Å²) in [5, 5.41) is 66.7. The summed E-state index contributed by atoms with van der Waals surface area (Å²) < 4.78 is 26.8. The number of rotatable bonds is 17. The third-order valence-electron chi connectivity index (χ3n) is 19.9. The number of aliphatic hydroxyl groups is 4. The van der Waals surface area contributed by atoms with Crippen molar-refractivity contribution in [3.05, 3.63) is 298 Å². The van der Waals surface area contributed by atoms with Gasteiger partial charge in [-0.2, -0.15) is 20.4 Å². The van der Waals surface area contributed by atoms with Gasteiger partial charge in [0, 0.05) is 92.5 Å². The Morgan fingerprint density at radius 2 is 0.664 bits per heavy atom. The van der Waals surface area contributed by atoms with Gasteiger partial charge in [0.25, 0.3) is 0 Å². The van der Waals surface area contributed by atoms with Crippen molar-refractivity contribution >= 4 is 47.4 Å². The van der Waals surface area contributed by atoms with E-state index in [1.165, 1.54) is 0 Å². The molecule has 0 saturated heterocycles.